The van der Waals surface area contributed by atoms with E-state index in [1.165, 1.54) is 5.56 Å². The van der Waals surface area contributed by atoms with Gasteiger partial charge in [0.05, 0.1) is 7.11 Å². The second kappa shape index (κ2) is 12.6. The Balaban J connectivity index is 1.36. The Morgan fingerprint density at radius 3 is 2.27 bits per heavy atom. The lowest BCUT2D eigenvalue weighted by atomic mass is 9.73. The number of nitrogens with zero attached hydrogens (tertiary/aromatic N) is 3. The van der Waals surface area contributed by atoms with Crippen LogP contribution in [0, 0.1) is 17.8 Å². The number of methoxy groups -OCH3 is 1. The summed E-state index contributed by atoms with van der Waals surface area (Å²) in [5.41, 5.74) is 4.13. The van der Waals surface area contributed by atoms with Crippen molar-refractivity contribution in [2.45, 2.75) is 31.3 Å². The van der Waals surface area contributed by atoms with Crippen molar-refractivity contribution in [1.29, 1.82) is 0 Å². The molecule has 5 rings (SSSR count). The van der Waals surface area contributed by atoms with Crippen LogP contribution in [0.15, 0.2) is 78.9 Å². The molecular weight excluding hydrogens is 496 g/mol. The Morgan fingerprint density at radius 1 is 0.950 bits per heavy atom. The van der Waals surface area contributed by atoms with Gasteiger partial charge in [-0.15, -0.1) is 0 Å². The minimum atomic E-state index is -0.0411. The van der Waals surface area contributed by atoms with E-state index >= 15 is 0 Å². The second-order valence-corrected chi connectivity index (χ2v) is 11.4. The fraction of sp³-hybridized carbons (Fsp3) is 0.382. The maximum absolute atomic E-state index is 13.4. The normalized spacial score (nSPS) is 22.7. The van der Waals surface area contributed by atoms with Crippen molar-refractivity contribution in [3.63, 3.8) is 0 Å². The summed E-state index contributed by atoms with van der Waals surface area (Å²) < 4.78 is 5.26. The number of carbonyl (C=O) groups excluding carboxylic acids is 1. The molecule has 3 aromatic rings. The molecular formula is C34H40N4O2. The summed E-state index contributed by atoms with van der Waals surface area (Å²) in [5.74, 6) is 8.20. The van der Waals surface area contributed by atoms with E-state index in [0.717, 1.165) is 48.6 Å². The van der Waals surface area contributed by atoms with E-state index < -0.39 is 0 Å². The van der Waals surface area contributed by atoms with Gasteiger partial charge in [-0.05, 0) is 80.5 Å². The predicted molar refractivity (Wildman–Crippen MR) is 162 cm³/mol. The van der Waals surface area contributed by atoms with Crippen molar-refractivity contribution >= 4 is 11.7 Å². The van der Waals surface area contributed by atoms with E-state index in [-0.39, 0.29) is 12.1 Å². The summed E-state index contributed by atoms with van der Waals surface area (Å²) in [4.78, 5) is 20.4. The molecule has 2 amide bonds. The minimum absolute atomic E-state index is 0.0411. The van der Waals surface area contributed by atoms with Gasteiger partial charge in [0, 0.05) is 61.0 Å². The van der Waals surface area contributed by atoms with Gasteiger partial charge in [0.15, 0.2) is 0 Å². The number of hydrogen-bond donors (Lipinski definition) is 1. The maximum Gasteiger partial charge on any atom is 0.321 e. The van der Waals surface area contributed by atoms with E-state index in [9.17, 15) is 4.79 Å². The van der Waals surface area contributed by atoms with Gasteiger partial charge < -0.3 is 19.9 Å². The third-order valence-corrected chi connectivity index (χ3v) is 8.10. The lowest BCUT2D eigenvalue weighted by molar-refractivity contribution is -0.0551. The number of fused-ring (bicyclic) bond motifs is 1. The van der Waals surface area contributed by atoms with Gasteiger partial charge >= 0.3 is 6.03 Å². The highest BCUT2D eigenvalue weighted by Crippen LogP contribution is 2.43. The number of likely N-dealkylation sites (N-methyl/N-ethyl adjacent to an activating group) is 1. The molecule has 2 aliphatic rings. The molecule has 0 aliphatic carbocycles. The number of hydrogen-bond acceptors (Lipinski definition) is 4. The van der Waals surface area contributed by atoms with Gasteiger partial charge in [0.25, 0.3) is 0 Å². The van der Waals surface area contributed by atoms with Crippen LogP contribution in [0.1, 0.15) is 36.0 Å². The standard InChI is InChI=1S/C34H40N4O2/c1-25-20-21-37(34(39)35-29-16-18-30(40-4)19-17-29)24-32-33(31(23-36(2)3)38(32)22-25)28-14-12-27(13-15-28)11-10-26-8-6-5-7-9-26/h5-9,12-19,25,31-33H,20-24H2,1-4H3,(H,35,39)/t25-,31+,32-,33-/m0/s1. The third-order valence-electron chi connectivity index (χ3n) is 8.10. The lowest BCUT2D eigenvalue weighted by Gasteiger charge is -2.59. The second-order valence-electron chi connectivity index (χ2n) is 11.4. The molecule has 0 unspecified atom stereocenters. The van der Waals surface area contributed by atoms with E-state index in [0.29, 0.717) is 24.4 Å². The molecule has 2 saturated heterocycles. The minimum Gasteiger partial charge on any atom is -0.497 e. The molecule has 3 aromatic carbocycles. The first kappa shape index (κ1) is 27.8. The van der Waals surface area contributed by atoms with Crippen LogP contribution in [0.5, 0.6) is 5.75 Å². The number of nitrogens with one attached hydrogen (secondary N) is 1. The molecule has 0 bridgehead atoms. The predicted octanol–water partition coefficient (Wildman–Crippen LogP) is 5.37. The Kier molecular flexibility index (Phi) is 8.74. The first-order chi connectivity index (χ1) is 19.4. The van der Waals surface area contributed by atoms with Crippen LogP contribution in [0.2, 0.25) is 0 Å². The van der Waals surface area contributed by atoms with Gasteiger partial charge in [0.2, 0.25) is 0 Å². The van der Waals surface area contributed by atoms with Crippen molar-refractivity contribution < 1.29 is 9.53 Å². The topological polar surface area (TPSA) is 48.1 Å². The molecule has 0 radical (unpaired) electrons. The number of benzene rings is 3. The average Bonchev–Trinajstić information content (AvgIpc) is 2.96. The third kappa shape index (κ3) is 6.50. The Hall–Kier alpha value is -3.79. The van der Waals surface area contributed by atoms with Crippen LogP contribution in [0.3, 0.4) is 0 Å². The molecule has 6 nitrogen and oxygen atoms in total. The molecule has 0 spiro atoms. The van der Waals surface area contributed by atoms with Crippen LogP contribution in [0.4, 0.5) is 10.5 Å². The lowest BCUT2D eigenvalue weighted by Crippen LogP contribution is -2.69. The molecule has 6 heteroatoms. The van der Waals surface area contributed by atoms with E-state index in [1.54, 1.807) is 7.11 Å². The highest BCUT2D eigenvalue weighted by Gasteiger charge is 2.50. The molecule has 208 valence electrons. The molecule has 4 atom stereocenters. The number of urea groups is 1. The monoisotopic (exact) mass is 536 g/mol. The molecule has 1 N–H and O–H groups in total. The first-order valence-electron chi connectivity index (χ1n) is 14.2. The van der Waals surface area contributed by atoms with Crippen molar-refractivity contribution in [3.8, 4) is 17.6 Å². The smallest absolute Gasteiger partial charge is 0.321 e. The number of anilines is 1. The zero-order valence-corrected chi connectivity index (χ0v) is 24.0. The van der Waals surface area contributed by atoms with Crippen LogP contribution in [-0.4, -0.2) is 80.2 Å². The summed E-state index contributed by atoms with van der Waals surface area (Å²) in [6.07, 6.45) is 0.993. The van der Waals surface area contributed by atoms with Crippen molar-refractivity contribution in [2.24, 2.45) is 5.92 Å². The fourth-order valence-corrected chi connectivity index (χ4v) is 6.00. The van der Waals surface area contributed by atoms with Crippen molar-refractivity contribution in [3.05, 3.63) is 95.6 Å². The van der Waals surface area contributed by atoms with E-state index in [1.807, 2.05) is 59.5 Å². The van der Waals surface area contributed by atoms with Crippen LogP contribution >= 0.6 is 0 Å². The molecule has 2 fully saturated rings. The summed E-state index contributed by atoms with van der Waals surface area (Å²) in [7, 11) is 5.94. The van der Waals surface area contributed by atoms with Crippen molar-refractivity contribution in [2.75, 3.05) is 52.7 Å². The number of rotatable bonds is 5. The molecule has 0 saturated carbocycles. The van der Waals surface area contributed by atoms with Gasteiger partial charge in [-0.1, -0.05) is 49.1 Å². The highest BCUT2D eigenvalue weighted by atomic mass is 16.5. The Bertz CT molecular complexity index is 1330. The van der Waals surface area contributed by atoms with Gasteiger partial charge in [-0.25, -0.2) is 4.79 Å². The van der Waals surface area contributed by atoms with Crippen molar-refractivity contribution in [1.82, 2.24) is 14.7 Å². The molecule has 2 aliphatic heterocycles. The van der Waals surface area contributed by atoms with Crippen LogP contribution in [-0.2, 0) is 0 Å². The maximum atomic E-state index is 13.4. The van der Waals surface area contributed by atoms with Crippen LogP contribution in [0.25, 0.3) is 0 Å². The molecule has 2 heterocycles. The van der Waals surface area contributed by atoms with E-state index in [2.05, 4.69) is 72.2 Å². The summed E-state index contributed by atoms with van der Waals surface area (Å²) in [5, 5.41) is 3.11. The van der Waals surface area contributed by atoms with Crippen LogP contribution < -0.4 is 10.1 Å². The quantitative estimate of drug-likeness (QED) is 0.446. The first-order valence-corrected chi connectivity index (χ1v) is 14.2. The zero-order valence-electron chi connectivity index (χ0n) is 24.0. The van der Waals surface area contributed by atoms with Gasteiger partial charge in [0.1, 0.15) is 5.75 Å². The molecule has 0 aromatic heterocycles. The fourth-order valence-electron chi connectivity index (χ4n) is 6.00. The number of amides is 2. The largest absolute Gasteiger partial charge is 0.497 e. The number of ether oxygens (including phenoxy) is 1. The Labute approximate surface area is 238 Å². The Morgan fingerprint density at radius 2 is 1.62 bits per heavy atom. The average molecular weight is 537 g/mol. The summed E-state index contributed by atoms with van der Waals surface area (Å²) in [6, 6.07) is 27.0. The van der Waals surface area contributed by atoms with E-state index in [4.69, 9.17) is 4.74 Å². The SMILES string of the molecule is COc1ccc(NC(=O)N2CC[C@H](C)CN3[C@H](CN(C)C)[C@H](c4ccc(C#Cc5ccccc5)cc4)[C@@H]3C2)cc1. The molecule has 40 heavy (non-hydrogen) atoms. The zero-order chi connectivity index (χ0) is 28.1. The van der Waals surface area contributed by atoms with Gasteiger partial charge in [-0.3, -0.25) is 4.90 Å². The number of carbonyl (C=O) groups is 1. The van der Waals surface area contributed by atoms with Gasteiger partial charge in [-0.2, -0.15) is 0 Å². The summed E-state index contributed by atoms with van der Waals surface area (Å²) >= 11 is 0. The highest BCUT2D eigenvalue weighted by molar-refractivity contribution is 5.89. The summed E-state index contributed by atoms with van der Waals surface area (Å²) in [6.45, 7) is 5.82.